The van der Waals surface area contributed by atoms with E-state index >= 15 is 0 Å². The van der Waals surface area contributed by atoms with Crippen LogP contribution in [0.4, 0.5) is 0 Å². The minimum Gasteiger partial charge on any atom is -0.410 e. The van der Waals surface area contributed by atoms with E-state index in [-0.39, 0.29) is 18.2 Å². The van der Waals surface area contributed by atoms with Crippen molar-refractivity contribution in [1.82, 2.24) is 0 Å². The first-order valence-corrected chi connectivity index (χ1v) is 4.95. The van der Waals surface area contributed by atoms with Gasteiger partial charge in [0.15, 0.2) is 7.17 Å². The van der Waals surface area contributed by atoms with E-state index in [1.807, 2.05) is 0 Å². The fourth-order valence-electron chi connectivity index (χ4n) is 1.28. The molecule has 1 aliphatic heterocycles. The Labute approximate surface area is 82.7 Å². The van der Waals surface area contributed by atoms with Crippen LogP contribution in [-0.4, -0.2) is 25.4 Å². The van der Waals surface area contributed by atoms with E-state index in [9.17, 15) is 0 Å². The Balaban J connectivity index is 2.60. The molecule has 0 amide bonds. The summed E-state index contributed by atoms with van der Waals surface area (Å²) in [6.07, 6.45) is 0. The lowest BCUT2D eigenvalue weighted by atomic mass is 9.38. The van der Waals surface area contributed by atoms with Gasteiger partial charge in [-0.15, -0.1) is 0 Å². The van der Waals surface area contributed by atoms with Crippen LogP contribution in [0.3, 0.4) is 0 Å². The Morgan fingerprint density at radius 3 is 1.69 bits per heavy atom. The Morgan fingerprint density at radius 2 is 1.38 bits per heavy atom. The predicted molar refractivity (Wildman–Crippen MR) is 56.9 cm³/mol. The maximum atomic E-state index is 5.80. The second-order valence-corrected chi connectivity index (χ2v) is 5.06. The summed E-state index contributed by atoms with van der Waals surface area (Å²) in [6.45, 7) is 12.5. The summed E-state index contributed by atoms with van der Waals surface area (Å²) < 4.78 is 11.6. The molecular weight excluding hydrogens is 162 g/mol. The summed E-state index contributed by atoms with van der Waals surface area (Å²) >= 11 is 0. The second kappa shape index (κ2) is 3.32. The van der Waals surface area contributed by atoms with Crippen molar-refractivity contribution in [2.45, 2.75) is 58.6 Å². The van der Waals surface area contributed by atoms with Crippen LogP contribution in [0, 0.1) is 0 Å². The van der Waals surface area contributed by atoms with Gasteiger partial charge in [-0.3, -0.25) is 0 Å². The van der Waals surface area contributed by atoms with E-state index < -0.39 is 0 Å². The second-order valence-electron chi connectivity index (χ2n) is 5.06. The summed E-state index contributed by atoms with van der Waals surface area (Å²) in [7, 11) is 1.95. The SMILES string of the molecule is CC(C)[B]B1OC(C)(C)C(C)(C)O1. The van der Waals surface area contributed by atoms with Crippen molar-refractivity contribution in [3.63, 3.8) is 0 Å². The summed E-state index contributed by atoms with van der Waals surface area (Å²) in [5.41, 5.74) is -0.411. The van der Waals surface area contributed by atoms with Gasteiger partial charge in [-0.2, -0.15) is 0 Å². The van der Waals surface area contributed by atoms with Gasteiger partial charge in [0.2, 0.25) is 0 Å². The summed E-state index contributed by atoms with van der Waals surface area (Å²) in [4.78, 5) is 0. The monoisotopic (exact) mass is 181 g/mol. The van der Waals surface area contributed by atoms with E-state index in [2.05, 4.69) is 48.7 Å². The normalized spacial score (nSPS) is 25.3. The Morgan fingerprint density at radius 1 is 1.00 bits per heavy atom. The molecule has 0 aromatic rings. The Bertz CT molecular complexity index is 174. The lowest BCUT2D eigenvalue weighted by Gasteiger charge is -2.32. The highest BCUT2D eigenvalue weighted by molar-refractivity contribution is 7.06. The van der Waals surface area contributed by atoms with Gasteiger partial charge in [-0.1, -0.05) is 19.7 Å². The van der Waals surface area contributed by atoms with Crippen LogP contribution in [0.25, 0.3) is 0 Å². The minimum atomic E-state index is -0.205. The molecule has 1 aliphatic rings. The molecule has 0 saturated carbocycles. The Kier molecular flexibility index (Phi) is 2.84. The third-order valence-electron chi connectivity index (χ3n) is 2.81. The molecule has 1 saturated heterocycles. The molecular formula is C9H19B2O2. The molecule has 4 heteroatoms. The van der Waals surface area contributed by atoms with Crippen LogP contribution in [0.1, 0.15) is 41.5 Å². The van der Waals surface area contributed by atoms with Crippen molar-refractivity contribution in [3.05, 3.63) is 0 Å². The summed E-state index contributed by atoms with van der Waals surface area (Å²) in [5.74, 6) is 0.495. The van der Waals surface area contributed by atoms with Gasteiger partial charge in [-0.25, -0.2) is 0 Å². The van der Waals surface area contributed by atoms with Gasteiger partial charge in [0.1, 0.15) is 0 Å². The van der Waals surface area contributed by atoms with Gasteiger partial charge < -0.3 is 9.31 Å². The zero-order valence-electron chi connectivity index (χ0n) is 9.55. The quantitative estimate of drug-likeness (QED) is 0.607. The molecule has 13 heavy (non-hydrogen) atoms. The largest absolute Gasteiger partial charge is 0.410 e. The first-order valence-electron chi connectivity index (χ1n) is 4.95. The zero-order valence-corrected chi connectivity index (χ0v) is 9.55. The fraction of sp³-hybridized carbons (Fsp3) is 1.00. The zero-order chi connectivity index (χ0) is 10.3. The van der Waals surface area contributed by atoms with Crippen molar-refractivity contribution in [2.24, 2.45) is 0 Å². The number of rotatable bonds is 2. The van der Waals surface area contributed by atoms with E-state index in [1.54, 1.807) is 0 Å². The molecule has 0 aliphatic carbocycles. The van der Waals surface area contributed by atoms with E-state index in [0.29, 0.717) is 5.82 Å². The highest BCUT2D eigenvalue weighted by Gasteiger charge is 2.50. The molecule has 0 unspecified atom stereocenters. The van der Waals surface area contributed by atoms with Crippen LogP contribution < -0.4 is 0 Å². The van der Waals surface area contributed by atoms with Crippen LogP contribution in [-0.2, 0) is 9.31 Å². The molecule has 1 rings (SSSR count). The topological polar surface area (TPSA) is 18.5 Å². The van der Waals surface area contributed by atoms with E-state index in [4.69, 9.17) is 9.31 Å². The molecule has 0 N–H and O–H groups in total. The van der Waals surface area contributed by atoms with Gasteiger partial charge in [0.25, 0.3) is 0 Å². The molecule has 2 nitrogen and oxygen atoms in total. The van der Waals surface area contributed by atoms with E-state index in [0.717, 1.165) is 0 Å². The summed E-state index contributed by atoms with van der Waals surface area (Å²) in [6, 6.07) is 0. The standard InChI is InChI=1S/C9H19B2O2/c1-7(2)10-11-12-8(3,4)9(5,6)13-11/h7H,1-6H3. The van der Waals surface area contributed by atoms with Crippen molar-refractivity contribution in [2.75, 3.05) is 0 Å². The molecule has 1 fully saturated rings. The van der Waals surface area contributed by atoms with Crippen LogP contribution in [0.5, 0.6) is 0 Å². The van der Waals surface area contributed by atoms with Crippen LogP contribution in [0.15, 0.2) is 0 Å². The predicted octanol–water partition coefficient (Wildman–Crippen LogP) is 2.11. The maximum Gasteiger partial charge on any atom is 0.398 e. The lowest BCUT2D eigenvalue weighted by molar-refractivity contribution is 0.00578. The molecule has 0 spiro atoms. The number of hydrogen-bond donors (Lipinski definition) is 0. The molecule has 1 heterocycles. The van der Waals surface area contributed by atoms with Gasteiger partial charge in [-0.05, 0) is 27.7 Å². The lowest BCUT2D eigenvalue weighted by Crippen LogP contribution is -2.41. The van der Waals surface area contributed by atoms with Crippen LogP contribution >= 0.6 is 0 Å². The van der Waals surface area contributed by atoms with Gasteiger partial charge in [0, 0.05) is 0 Å². The van der Waals surface area contributed by atoms with Crippen LogP contribution in [0.2, 0.25) is 5.82 Å². The van der Waals surface area contributed by atoms with Crippen molar-refractivity contribution in [1.29, 1.82) is 0 Å². The first-order chi connectivity index (χ1) is 5.74. The third-order valence-corrected chi connectivity index (χ3v) is 2.81. The third kappa shape index (κ3) is 2.29. The first kappa shape index (κ1) is 11.1. The molecule has 0 aromatic carbocycles. The van der Waals surface area contributed by atoms with E-state index in [1.165, 1.54) is 0 Å². The average Bonchev–Trinajstić information content (AvgIpc) is 1.98. The van der Waals surface area contributed by atoms with Gasteiger partial charge >= 0.3 is 7.01 Å². The highest BCUT2D eigenvalue weighted by atomic mass is 16.7. The molecule has 0 atom stereocenters. The van der Waals surface area contributed by atoms with Crippen molar-refractivity contribution < 1.29 is 9.31 Å². The molecule has 1 radical (unpaired) electrons. The summed E-state index contributed by atoms with van der Waals surface area (Å²) in [5, 5.41) is 0. The van der Waals surface area contributed by atoms with Gasteiger partial charge in [0.05, 0.1) is 11.2 Å². The van der Waals surface area contributed by atoms with Crippen molar-refractivity contribution in [3.8, 4) is 0 Å². The molecule has 73 valence electrons. The minimum absolute atomic E-state index is 0.148. The Hall–Kier alpha value is 0.0499. The molecule has 0 aromatic heterocycles. The smallest absolute Gasteiger partial charge is 0.398 e. The number of hydrogen-bond acceptors (Lipinski definition) is 2. The maximum absolute atomic E-state index is 5.80. The highest BCUT2D eigenvalue weighted by Crippen LogP contribution is 2.36. The average molecular weight is 181 g/mol. The van der Waals surface area contributed by atoms with Crippen molar-refractivity contribution >= 4 is 14.2 Å². The fourth-order valence-corrected chi connectivity index (χ4v) is 1.28. The molecule has 0 bridgehead atoms.